The molecule has 0 bridgehead atoms. The number of anilines is 1. The van der Waals surface area contributed by atoms with Crippen LogP contribution in [0.4, 0.5) is 5.95 Å². The summed E-state index contributed by atoms with van der Waals surface area (Å²) in [4.78, 5) is 35.0. The molecule has 4 aromatic rings. The fraction of sp³-hybridized carbons (Fsp3) is 0.393. The van der Waals surface area contributed by atoms with E-state index in [1.54, 1.807) is 4.90 Å². The molecule has 2 atom stereocenters. The lowest BCUT2D eigenvalue weighted by Crippen LogP contribution is -2.55. The second-order valence-corrected chi connectivity index (χ2v) is 10.4. The molecular formula is C28H29N7O3. The third kappa shape index (κ3) is 3.47. The minimum atomic E-state index is -0.464. The van der Waals surface area contributed by atoms with Gasteiger partial charge in [-0.2, -0.15) is 0 Å². The number of hydrogen-bond donors (Lipinski definition) is 1. The third-order valence-corrected chi connectivity index (χ3v) is 8.15. The van der Waals surface area contributed by atoms with Crippen molar-refractivity contribution in [1.29, 1.82) is 0 Å². The van der Waals surface area contributed by atoms with Crippen LogP contribution in [0.2, 0.25) is 0 Å². The van der Waals surface area contributed by atoms with Crippen LogP contribution in [0.5, 0.6) is 5.75 Å². The second-order valence-electron chi connectivity index (χ2n) is 10.4. The summed E-state index contributed by atoms with van der Waals surface area (Å²) in [5.74, 6) is 2.37. The number of carbonyl (C=O) groups excluding carboxylic acids is 1. The number of fused-ring (bicyclic) bond motifs is 6. The molecule has 1 fully saturated rings. The first-order chi connectivity index (χ1) is 18.6. The molecule has 1 saturated heterocycles. The zero-order chi connectivity index (χ0) is 25.9. The van der Waals surface area contributed by atoms with Gasteiger partial charge in [-0.15, -0.1) is 0 Å². The van der Waals surface area contributed by atoms with Crippen molar-refractivity contribution in [3.05, 3.63) is 60.2 Å². The maximum atomic E-state index is 11.9. The van der Waals surface area contributed by atoms with E-state index in [2.05, 4.69) is 31.6 Å². The second kappa shape index (κ2) is 8.76. The Morgan fingerprint density at radius 2 is 1.97 bits per heavy atom. The van der Waals surface area contributed by atoms with Crippen LogP contribution < -0.4 is 9.64 Å². The molecule has 38 heavy (non-hydrogen) atoms. The fourth-order valence-corrected chi connectivity index (χ4v) is 6.29. The first kappa shape index (κ1) is 23.1. The van der Waals surface area contributed by atoms with Crippen molar-refractivity contribution in [3.8, 4) is 17.0 Å². The van der Waals surface area contributed by atoms with E-state index < -0.39 is 6.61 Å². The van der Waals surface area contributed by atoms with Crippen LogP contribution in [0.25, 0.3) is 22.4 Å². The van der Waals surface area contributed by atoms with Gasteiger partial charge in [-0.05, 0) is 38.0 Å². The smallest absolute Gasteiger partial charge is 0.248 e. The number of aliphatic hydroxyl groups excluding tert-OH is 1. The minimum Gasteiger partial charge on any atom is -0.490 e. The first-order valence-corrected chi connectivity index (χ1v) is 13.2. The summed E-state index contributed by atoms with van der Waals surface area (Å²) < 4.78 is 8.46. The van der Waals surface area contributed by atoms with Crippen LogP contribution in [0.15, 0.2) is 48.8 Å². The van der Waals surface area contributed by atoms with Crippen molar-refractivity contribution in [2.24, 2.45) is 0 Å². The average molecular weight is 512 g/mol. The molecule has 1 unspecified atom stereocenters. The van der Waals surface area contributed by atoms with Crippen molar-refractivity contribution >= 4 is 23.0 Å². The predicted molar refractivity (Wildman–Crippen MR) is 141 cm³/mol. The van der Waals surface area contributed by atoms with Gasteiger partial charge in [0.1, 0.15) is 35.8 Å². The quantitative estimate of drug-likeness (QED) is 0.447. The Labute approximate surface area is 219 Å². The van der Waals surface area contributed by atoms with Gasteiger partial charge in [0, 0.05) is 55.6 Å². The number of ether oxygens (including phenoxy) is 1. The zero-order valence-corrected chi connectivity index (χ0v) is 21.2. The van der Waals surface area contributed by atoms with Crippen LogP contribution in [0.1, 0.15) is 31.2 Å². The third-order valence-electron chi connectivity index (χ3n) is 8.15. The highest BCUT2D eigenvalue weighted by Gasteiger charge is 2.46. The van der Waals surface area contributed by atoms with Crippen LogP contribution in [-0.4, -0.2) is 79.3 Å². The number of para-hydroxylation sites is 1. The Hall–Kier alpha value is -4.05. The van der Waals surface area contributed by atoms with Crippen LogP contribution in [-0.2, 0) is 16.8 Å². The van der Waals surface area contributed by atoms with E-state index in [0.29, 0.717) is 32.2 Å². The van der Waals surface area contributed by atoms with Crippen molar-refractivity contribution in [2.45, 2.75) is 37.8 Å². The summed E-state index contributed by atoms with van der Waals surface area (Å²) in [6, 6.07) is 12.3. The number of amides is 1. The lowest BCUT2D eigenvalue weighted by atomic mass is 9.83. The van der Waals surface area contributed by atoms with E-state index in [-0.39, 0.29) is 17.5 Å². The molecule has 3 aliphatic rings. The SMILES string of the molecule is C[C@@H]1CN(c2ncc(-c3ccc4nc5n(c4n3)C3(CCC5)COc4ccccc43)cn2)CCN1C(=O)CO. The number of pyridine rings is 1. The van der Waals surface area contributed by atoms with Gasteiger partial charge in [0.05, 0.1) is 5.69 Å². The highest BCUT2D eigenvalue weighted by Crippen LogP contribution is 2.47. The lowest BCUT2D eigenvalue weighted by Gasteiger charge is -2.39. The number of hydrogen-bond acceptors (Lipinski definition) is 8. The molecule has 10 heteroatoms. The molecule has 3 aromatic heterocycles. The Bertz CT molecular complexity index is 1540. The predicted octanol–water partition coefficient (Wildman–Crippen LogP) is 2.39. The van der Waals surface area contributed by atoms with E-state index in [1.165, 1.54) is 5.56 Å². The molecule has 1 amide bonds. The maximum Gasteiger partial charge on any atom is 0.248 e. The van der Waals surface area contributed by atoms with Crippen molar-refractivity contribution in [1.82, 2.24) is 29.4 Å². The number of nitrogens with zero attached hydrogens (tertiary/aromatic N) is 7. The number of aliphatic hydroxyl groups is 1. The van der Waals surface area contributed by atoms with Gasteiger partial charge in [-0.25, -0.2) is 19.9 Å². The molecule has 0 radical (unpaired) electrons. The Balaban J connectivity index is 1.21. The summed E-state index contributed by atoms with van der Waals surface area (Å²) >= 11 is 0. The first-order valence-electron chi connectivity index (χ1n) is 13.2. The summed E-state index contributed by atoms with van der Waals surface area (Å²) in [7, 11) is 0. The van der Waals surface area contributed by atoms with E-state index in [0.717, 1.165) is 53.3 Å². The average Bonchev–Trinajstić information content (AvgIpc) is 3.52. The summed E-state index contributed by atoms with van der Waals surface area (Å²) in [6.07, 6.45) is 6.59. The lowest BCUT2D eigenvalue weighted by molar-refractivity contribution is -0.136. The molecule has 10 nitrogen and oxygen atoms in total. The number of rotatable bonds is 3. The molecule has 3 aliphatic heterocycles. The van der Waals surface area contributed by atoms with Crippen LogP contribution >= 0.6 is 0 Å². The van der Waals surface area contributed by atoms with E-state index in [9.17, 15) is 9.90 Å². The molecule has 0 aliphatic carbocycles. The largest absolute Gasteiger partial charge is 0.490 e. The van der Waals surface area contributed by atoms with Crippen molar-refractivity contribution in [2.75, 3.05) is 37.7 Å². The van der Waals surface area contributed by atoms with Crippen molar-refractivity contribution < 1.29 is 14.6 Å². The van der Waals surface area contributed by atoms with Gasteiger partial charge in [-0.1, -0.05) is 18.2 Å². The Morgan fingerprint density at radius 3 is 2.79 bits per heavy atom. The molecule has 194 valence electrons. The van der Waals surface area contributed by atoms with E-state index in [1.807, 2.05) is 43.6 Å². The van der Waals surface area contributed by atoms with E-state index in [4.69, 9.17) is 14.7 Å². The Kier molecular flexibility index (Phi) is 5.33. The van der Waals surface area contributed by atoms with Gasteiger partial charge in [0.2, 0.25) is 11.9 Å². The highest BCUT2D eigenvalue weighted by atomic mass is 16.5. The standard InChI is InChI=1S/C28H29N7O3/c1-18-15-33(11-12-34(18)25(37)16-36)27-29-13-19(14-30-27)21-8-9-22-26(32-21)35-24(31-22)7-4-10-28(35)17-38-23-6-3-2-5-20(23)28/h2-3,5-6,8-9,13-14,18,36H,4,7,10-12,15-17H2,1H3/t18-,28?/m1/s1. The summed E-state index contributed by atoms with van der Waals surface area (Å²) in [6.45, 7) is 3.86. The maximum absolute atomic E-state index is 11.9. The Morgan fingerprint density at radius 1 is 1.13 bits per heavy atom. The molecule has 7 rings (SSSR count). The molecule has 1 N–H and O–H groups in total. The van der Waals surface area contributed by atoms with Crippen LogP contribution in [0, 0.1) is 0 Å². The topological polar surface area (TPSA) is 110 Å². The van der Waals surface area contributed by atoms with E-state index >= 15 is 0 Å². The molecule has 6 heterocycles. The number of carbonyl (C=O) groups is 1. The zero-order valence-electron chi connectivity index (χ0n) is 21.2. The van der Waals surface area contributed by atoms with Gasteiger partial charge in [0.25, 0.3) is 0 Å². The molecular weight excluding hydrogens is 482 g/mol. The number of piperazine rings is 1. The summed E-state index contributed by atoms with van der Waals surface area (Å²) in [5, 5.41) is 9.20. The molecule has 1 aromatic carbocycles. The molecule has 1 spiro atoms. The van der Waals surface area contributed by atoms with Crippen molar-refractivity contribution in [3.63, 3.8) is 0 Å². The normalized spacial score (nSPS) is 22.4. The van der Waals surface area contributed by atoms with Crippen LogP contribution in [0.3, 0.4) is 0 Å². The number of aryl methyl sites for hydroxylation is 1. The number of benzene rings is 1. The molecule has 0 saturated carbocycles. The fourth-order valence-electron chi connectivity index (χ4n) is 6.29. The van der Waals surface area contributed by atoms with Gasteiger partial charge in [0.15, 0.2) is 5.65 Å². The number of aromatic nitrogens is 5. The highest BCUT2D eigenvalue weighted by molar-refractivity contribution is 5.78. The van der Waals surface area contributed by atoms with Gasteiger partial charge in [-0.3, -0.25) is 9.36 Å². The summed E-state index contributed by atoms with van der Waals surface area (Å²) in [5.41, 5.74) is 4.29. The van der Waals surface area contributed by atoms with Gasteiger partial charge >= 0.3 is 0 Å². The number of imidazole rings is 1. The monoisotopic (exact) mass is 511 g/mol. The van der Waals surface area contributed by atoms with Gasteiger partial charge < -0.3 is 19.6 Å². The minimum absolute atomic E-state index is 0.0270.